The number of rotatable bonds is 36. The molecule has 1 N–H and O–H groups in total. The number of carbonyl (C=O) groups is 2. The smallest absolute Gasteiger partial charge is 0.305 e. The summed E-state index contributed by atoms with van der Waals surface area (Å²) in [5, 5.41) is 10.1. The summed E-state index contributed by atoms with van der Waals surface area (Å²) in [6.07, 6.45) is 43.6. The van der Waals surface area contributed by atoms with Crippen LogP contribution in [0.3, 0.4) is 0 Å². The monoisotopic (exact) mass is 703 g/mol. The molecule has 1 aliphatic heterocycles. The van der Waals surface area contributed by atoms with Crippen molar-refractivity contribution in [1.82, 2.24) is 0 Å². The number of allylic oxidation sites excluding steroid dienone is 5. The summed E-state index contributed by atoms with van der Waals surface area (Å²) in [7, 11) is 0. The predicted molar refractivity (Wildman–Crippen MR) is 209 cm³/mol. The highest BCUT2D eigenvalue weighted by Crippen LogP contribution is 2.30. The second-order valence-corrected chi connectivity index (χ2v) is 14.7. The molecule has 0 saturated carbocycles. The Balaban J connectivity index is 1.85. The molecule has 0 aliphatic carbocycles. The summed E-state index contributed by atoms with van der Waals surface area (Å²) in [5.74, 6) is 0.264. The van der Waals surface area contributed by atoms with E-state index in [1.807, 2.05) is 0 Å². The fourth-order valence-corrected chi connectivity index (χ4v) is 6.15. The fourth-order valence-electron chi connectivity index (χ4n) is 6.15. The van der Waals surface area contributed by atoms with E-state index in [-0.39, 0.29) is 37.4 Å². The zero-order valence-electron chi connectivity index (χ0n) is 32.8. The maximum absolute atomic E-state index is 12.1. The topological polar surface area (TPSA) is 85.4 Å². The second-order valence-electron chi connectivity index (χ2n) is 14.7. The largest absolute Gasteiger partial charge is 0.463 e. The molecule has 4 atom stereocenters. The number of aliphatic hydroxyl groups excluding tert-OH is 1. The average Bonchev–Trinajstić information content (AvgIpc) is 3.87. The van der Waals surface area contributed by atoms with Gasteiger partial charge in [0.25, 0.3) is 0 Å². The molecule has 50 heavy (non-hydrogen) atoms. The van der Waals surface area contributed by atoms with E-state index in [0.717, 1.165) is 50.9 Å². The number of epoxide rings is 1. The molecule has 1 fully saturated rings. The molecule has 3 unspecified atom stereocenters. The molecule has 0 spiro atoms. The van der Waals surface area contributed by atoms with Gasteiger partial charge in [-0.2, -0.15) is 0 Å². The standard InChI is InChI=1S/C44H78O6/c1-4-6-7-8-9-10-11-17-20-23-26-29-33-41-42(50-41)34-31-36-44(47)49-38-40(45)37-48-43(46)35-30-27-24-21-18-15-13-12-14-16-19-22-25-28-32-39(3)5-2/h9-10,17,20,26,29,39-42,45H,4-8,11-16,18-19,21-25,27-28,30-38H2,1-3H3/b10-9-,20-17-,29-26-/t39?,40-,41?,42?/m0/s1. The van der Waals surface area contributed by atoms with Gasteiger partial charge in [0.2, 0.25) is 0 Å². The number of esters is 2. The van der Waals surface area contributed by atoms with E-state index in [1.165, 1.54) is 109 Å². The lowest BCUT2D eigenvalue weighted by Crippen LogP contribution is -2.25. The lowest BCUT2D eigenvalue weighted by atomic mass is 9.99. The zero-order chi connectivity index (χ0) is 36.3. The maximum Gasteiger partial charge on any atom is 0.305 e. The summed E-state index contributed by atoms with van der Waals surface area (Å²) in [4.78, 5) is 24.1. The van der Waals surface area contributed by atoms with Crippen molar-refractivity contribution in [3.63, 3.8) is 0 Å². The lowest BCUT2D eigenvalue weighted by Gasteiger charge is -2.12. The van der Waals surface area contributed by atoms with Crippen molar-refractivity contribution in [2.45, 2.75) is 212 Å². The summed E-state index contributed by atoms with van der Waals surface area (Å²) in [6.45, 7) is 6.60. The molecule has 0 radical (unpaired) electrons. The molecule has 1 aliphatic rings. The first-order valence-electron chi connectivity index (χ1n) is 21.1. The van der Waals surface area contributed by atoms with Gasteiger partial charge >= 0.3 is 11.9 Å². The zero-order valence-corrected chi connectivity index (χ0v) is 32.8. The van der Waals surface area contributed by atoms with Crippen LogP contribution in [0.25, 0.3) is 0 Å². The van der Waals surface area contributed by atoms with E-state index in [1.54, 1.807) is 0 Å². The summed E-state index contributed by atoms with van der Waals surface area (Å²) in [5.41, 5.74) is 0. The van der Waals surface area contributed by atoms with Crippen molar-refractivity contribution < 1.29 is 28.9 Å². The minimum absolute atomic E-state index is 0.137. The van der Waals surface area contributed by atoms with Gasteiger partial charge in [-0.15, -0.1) is 0 Å². The third kappa shape index (κ3) is 30.9. The van der Waals surface area contributed by atoms with Gasteiger partial charge in [-0.25, -0.2) is 0 Å². The molecule has 0 aromatic heterocycles. The van der Waals surface area contributed by atoms with Gasteiger partial charge in [-0.1, -0.05) is 166 Å². The minimum atomic E-state index is -0.993. The lowest BCUT2D eigenvalue weighted by molar-refractivity contribution is -0.152. The van der Waals surface area contributed by atoms with Crippen LogP contribution >= 0.6 is 0 Å². The van der Waals surface area contributed by atoms with Crippen LogP contribution in [0, 0.1) is 5.92 Å². The van der Waals surface area contributed by atoms with Gasteiger partial charge in [-0.3, -0.25) is 9.59 Å². The number of unbranched alkanes of at least 4 members (excludes halogenated alkanes) is 16. The number of hydrogen-bond donors (Lipinski definition) is 1. The fraction of sp³-hybridized carbons (Fsp3) is 0.818. The van der Waals surface area contributed by atoms with Gasteiger partial charge in [0.05, 0.1) is 12.2 Å². The second kappa shape index (κ2) is 34.2. The van der Waals surface area contributed by atoms with Crippen LogP contribution in [-0.2, 0) is 23.8 Å². The Morgan fingerprint density at radius 3 is 1.68 bits per heavy atom. The van der Waals surface area contributed by atoms with Crippen molar-refractivity contribution in [3.05, 3.63) is 36.5 Å². The highest BCUT2D eigenvalue weighted by atomic mass is 16.6. The first-order valence-corrected chi connectivity index (χ1v) is 21.1. The molecule has 0 aromatic carbocycles. The van der Waals surface area contributed by atoms with Crippen LogP contribution in [0.4, 0.5) is 0 Å². The van der Waals surface area contributed by atoms with Crippen molar-refractivity contribution >= 4 is 11.9 Å². The number of carbonyl (C=O) groups excluding carboxylic acids is 2. The van der Waals surface area contributed by atoms with E-state index in [9.17, 15) is 14.7 Å². The van der Waals surface area contributed by atoms with E-state index in [4.69, 9.17) is 14.2 Å². The van der Waals surface area contributed by atoms with E-state index in [0.29, 0.717) is 19.3 Å². The minimum Gasteiger partial charge on any atom is -0.463 e. The van der Waals surface area contributed by atoms with Crippen LogP contribution in [0.5, 0.6) is 0 Å². The van der Waals surface area contributed by atoms with Gasteiger partial charge in [0, 0.05) is 12.8 Å². The number of aliphatic hydroxyl groups is 1. The third-order valence-corrected chi connectivity index (χ3v) is 9.84. The molecule has 0 bridgehead atoms. The molecule has 0 aromatic rings. The first-order chi connectivity index (χ1) is 24.5. The van der Waals surface area contributed by atoms with E-state index >= 15 is 0 Å². The molecule has 1 heterocycles. The van der Waals surface area contributed by atoms with Crippen molar-refractivity contribution in [1.29, 1.82) is 0 Å². The highest BCUT2D eigenvalue weighted by Gasteiger charge is 2.36. The molecule has 0 amide bonds. The predicted octanol–water partition coefficient (Wildman–Crippen LogP) is 12.1. The first kappa shape index (κ1) is 46.1. The van der Waals surface area contributed by atoms with Crippen LogP contribution in [0.2, 0.25) is 0 Å². The van der Waals surface area contributed by atoms with Crippen molar-refractivity contribution in [3.8, 4) is 0 Å². The normalized spacial score (nSPS) is 17.2. The third-order valence-electron chi connectivity index (χ3n) is 9.84. The van der Waals surface area contributed by atoms with Gasteiger partial charge in [-0.05, 0) is 57.3 Å². The number of hydrogen-bond acceptors (Lipinski definition) is 6. The van der Waals surface area contributed by atoms with Crippen molar-refractivity contribution in [2.24, 2.45) is 5.92 Å². The Morgan fingerprint density at radius 2 is 1.12 bits per heavy atom. The molecule has 6 nitrogen and oxygen atoms in total. The molecule has 1 saturated heterocycles. The Kier molecular flexibility index (Phi) is 31.5. The quantitative estimate of drug-likeness (QED) is 0.0303. The average molecular weight is 703 g/mol. The van der Waals surface area contributed by atoms with E-state index < -0.39 is 6.10 Å². The van der Waals surface area contributed by atoms with E-state index in [2.05, 4.69) is 57.2 Å². The van der Waals surface area contributed by atoms with Gasteiger partial charge in [0.15, 0.2) is 0 Å². The van der Waals surface area contributed by atoms with Crippen LogP contribution in [0.1, 0.15) is 194 Å². The Morgan fingerprint density at radius 1 is 0.620 bits per heavy atom. The summed E-state index contributed by atoms with van der Waals surface area (Å²) < 4.78 is 16.1. The molecule has 290 valence electrons. The summed E-state index contributed by atoms with van der Waals surface area (Å²) >= 11 is 0. The molecular formula is C44H78O6. The Hall–Kier alpha value is -1.92. The summed E-state index contributed by atoms with van der Waals surface area (Å²) in [6, 6.07) is 0. The van der Waals surface area contributed by atoms with Crippen LogP contribution in [-0.4, -0.2) is 48.6 Å². The Labute approximate surface area is 308 Å². The molecule has 1 rings (SSSR count). The van der Waals surface area contributed by atoms with Gasteiger partial charge in [0.1, 0.15) is 19.3 Å². The Bertz CT molecular complexity index is 880. The van der Waals surface area contributed by atoms with Gasteiger partial charge < -0.3 is 19.3 Å². The van der Waals surface area contributed by atoms with Crippen LogP contribution in [0.15, 0.2) is 36.5 Å². The van der Waals surface area contributed by atoms with Crippen molar-refractivity contribution in [2.75, 3.05) is 13.2 Å². The highest BCUT2D eigenvalue weighted by molar-refractivity contribution is 5.69. The SMILES string of the molecule is CCCCC/C=C\C/C=C\C/C=C\CC1OC1CCCC(=O)OC[C@@H](O)COC(=O)CCCCCCCCCCCCCCCCC(C)CC. The number of ether oxygens (including phenoxy) is 3. The maximum atomic E-state index is 12.1. The molecule has 6 heteroatoms. The van der Waals surface area contributed by atoms with Crippen LogP contribution < -0.4 is 0 Å². The molecular weight excluding hydrogens is 624 g/mol.